The third-order valence-corrected chi connectivity index (χ3v) is 3.76. The van der Waals surface area contributed by atoms with E-state index in [0.717, 1.165) is 6.92 Å². The van der Waals surface area contributed by atoms with Gasteiger partial charge < -0.3 is 9.31 Å². The van der Waals surface area contributed by atoms with Gasteiger partial charge in [0.2, 0.25) is 0 Å². The van der Waals surface area contributed by atoms with Crippen LogP contribution in [-0.4, -0.2) is 23.3 Å². The zero-order valence-electron chi connectivity index (χ0n) is 11.8. The first-order valence-electron chi connectivity index (χ1n) is 6.23. The fourth-order valence-corrected chi connectivity index (χ4v) is 1.78. The summed E-state index contributed by atoms with van der Waals surface area (Å²) in [7, 11) is -0.572. The van der Waals surface area contributed by atoms with Crippen molar-refractivity contribution in [2.75, 3.05) is 0 Å². The fraction of sp³-hybridized carbons (Fsp3) is 0.615. The van der Waals surface area contributed by atoms with Crippen LogP contribution in [0.4, 0.5) is 8.78 Å². The van der Waals surface area contributed by atoms with Crippen LogP contribution >= 0.6 is 0 Å². The van der Waals surface area contributed by atoms with Crippen molar-refractivity contribution in [2.45, 2.75) is 51.7 Å². The average Bonchev–Trinajstić information content (AvgIpc) is 2.47. The molecule has 0 aliphatic carbocycles. The number of aromatic nitrogens is 1. The number of halogens is 2. The molecule has 1 aliphatic rings. The molecule has 0 saturated carbocycles. The Bertz CT molecular complexity index is 453. The molecule has 1 fully saturated rings. The second-order valence-corrected chi connectivity index (χ2v) is 5.95. The summed E-state index contributed by atoms with van der Waals surface area (Å²) in [6.45, 7) is 8.58. The van der Waals surface area contributed by atoms with E-state index in [-0.39, 0.29) is 5.69 Å². The van der Waals surface area contributed by atoms with Crippen molar-refractivity contribution in [1.29, 1.82) is 0 Å². The predicted molar refractivity (Wildman–Crippen MR) is 69.5 cm³/mol. The van der Waals surface area contributed by atoms with Crippen LogP contribution in [0.15, 0.2) is 18.3 Å². The molecule has 0 atom stereocenters. The highest BCUT2D eigenvalue weighted by atomic mass is 19.3. The van der Waals surface area contributed by atoms with Crippen LogP contribution in [0.1, 0.15) is 40.3 Å². The van der Waals surface area contributed by atoms with E-state index in [1.54, 1.807) is 6.07 Å². The summed E-state index contributed by atoms with van der Waals surface area (Å²) >= 11 is 0. The van der Waals surface area contributed by atoms with Crippen LogP contribution in [0.5, 0.6) is 0 Å². The van der Waals surface area contributed by atoms with E-state index in [0.29, 0.717) is 5.46 Å². The molecule has 0 spiro atoms. The summed E-state index contributed by atoms with van der Waals surface area (Å²) < 4.78 is 37.8. The standard InChI is InChI=1S/C13H18BF2NO2/c1-11(2)12(3,4)19-14(18-11)9-6-7-10(17-8-9)13(5,15)16/h6-8H,1-5H3. The highest BCUT2D eigenvalue weighted by Crippen LogP contribution is 2.36. The van der Waals surface area contributed by atoms with E-state index in [1.807, 2.05) is 27.7 Å². The normalized spacial score (nSPS) is 21.7. The quantitative estimate of drug-likeness (QED) is 0.773. The molecule has 1 aromatic heterocycles. The van der Waals surface area contributed by atoms with Crippen molar-refractivity contribution in [3.63, 3.8) is 0 Å². The summed E-state index contributed by atoms with van der Waals surface area (Å²) in [6, 6.07) is 2.88. The van der Waals surface area contributed by atoms with Gasteiger partial charge in [0, 0.05) is 18.6 Å². The van der Waals surface area contributed by atoms with Crippen LogP contribution < -0.4 is 5.46 Å². The molecule has 0 amide bonds. The maximum Gasteiger partial charge on any atom is 0.496 e. The summed E-state index contributed by atoms with van der Waals surface area (Å²) in [5, 5.41) is 0. The Balaban J connectivity index is 2.22. The van der Waals surface area contributed by atoms with Crippen molar-refractivity contribution in [3.05, 3.63) is 24.0 Å². The Hall–Kier alpha value is -1.01. The lowest BCUT2D eigenvalue weighted by Gasteiger charge is -2.32. The van der Waals surface area contributed by atoms with Gasteiger partial charge in [-0.25, -0.2) is 0 Å². The molecule has 19 heavy (non-hydrogen) atoms. The third kappa shape index (κ3) is 2.65. The first-order valence-corrected chi connectivity index (χ1v) is 6.23. The summed E-state index contributed by atoms with van der Waals surface area (Å²) in [5.74, 6) is -2.94. The number of pyridine rings is 1. The van der Waals surface area contributed by atoms with Crippen molar-refractivity contribution in [2.24, 2.45) is 0 Å². The minimum absolute atomic E-state index is 0.257. The molecule has 1 aliphatic heterocycles. The second-order valence-electron chi connectivity index (χ2n) is 5.95. The molecule has 2 rings (SSSR count). The smallest absolute Gasteiger partial charge is 0.399 e. The van der Waals surface area contributed by atoms with Gasteiger partial charge in [-0.15, -0.1) is 0 Å². The number of alkyl halides is 2. The molecule has 0 bridgehead atoms. The second kappa shape index (κ2) is 4.25. The van der Waals surface area contributed by atoms with Gasteiger partial charge in [-0.1, -0.05) is 6.07 Å². The first kappa shape index (κ1) is 14.4. The van der Waals surface area contributed by atoms with E-state index in [4.69, 9.17) is 9.31 Å². The number of hydrogen-bond donors (Lipinski definition) is 0. The van der Waals surface area contributed by atoms with Gasteiger partial charge in [0.15, 0.2) is 0 Å². The molecule has 0 radical (unpaired) electrons. The largest absolute Gasteiger partial charge is 0.496 e. The molecule has 0 unspecified atom stereocenters. The molecule has 0 aromatic carbocycles. The van der Waals surface area contributed by atoms with Gasteiger partial charge in [0.25, 0.3) is 5.92 Å². The van der Waals surface area contributed by atoms with E-state index < -0.39 is 24.2 Å². The maximum absolute atomic E-state index is 13.1. The number of rotatable bonds is 2. The van der Waals surface area contributed by atoms with Gasteiger partial charge in [0.05, 0.1) is 11.2 Å². The van der Waals surface area contributed by atoms with Crippen molar-refractivity contribution in [1.82, 2.24) is 4.98 Å². The van der Waals surface area contributed by atoms with Gasteiger partial charge in [-0.05, 0) is 33.8 Å². The van der Waals surface area contributed by atoms with Gasteiger partial charge in [-0.3, -0.25) is 4.98 Å². The zero-order chi connectivity index (χ0) is 14.5. The molecular weight excluding hydrogens is 251 g/mol. The lowest BCUT2D eigenvalue weighted by Crippen LogP contribution is -2.41. The first-order chi connectivity index (χ1) is 8.53. The summed E-state index contributed by atoms with van der Waals surface area (Å²) in [4.78, 5) is 3.78. The Morgan fingerprint density at radius 1 is 1.11 bits per heavy atom. The molecule has 1 saturated heterocycles. The van der Waals surface area contributed by atoms with Crippen LogP contribution in [0.25, 0.3) is 0 Å². The van der Waals surface area contributed by atoms with Gasteiger partial charge in [-0.2, -0.15) is 8.78 Å². The predicted octanol–water partition coefficient (Wildman–Crippen LogP) is 2.49. The molecule has 3 nitrogen and oxygen atoms in total. The van der Waals surface area contributed by atoms with Crippen molar-refractivity contribution < 1.29 is 18.1 Å². The number of nitrogens with zero attached hydrogens (tertiary/aromatic N) is 1. The van der Waals surface area contributed by atoms with Crippen LogP contribution in [0, 0.1) is 0 Å². The van der Waals surface area contributed by atoms with Crippen LogP contribution in [-0.2, 0) is 15.2 Å². The minimum Gasteiger partial charge on any atom is -0.399 e. The molecular formula is C13H18BF2NO2. The minimum atomic E-state index is -2.94. The van der Waals surface area contributed by atoms with E-state index >= 15 is 0 Å². The Kier molecular flexibility index (Phi) is 3.22. The van der Waals surface area contributed by atoms with Gasteiger partial charge in [0.1, 0.15) is 5.69 Å². The number of hydrogen-bond acceptors (Lipinski definition) is 3. The SMILES string of the molecule is CC(F)(F)c1ccc(B2OC(C)(C)C(C)(C)O2)cn1. The van der Waals surface area contributed by atoms with Crippen LogP contribution in [0.3, 0.4) is 0 Å². The highest BCUT2D eigenvalue weighted by molar-refractivity contribution is 6.62. The van der Waals surface area contributed by atoms with Crippen LogP contribution in [0.2, 0.25) is 0 Å². The Morgan fingerprint density at radius 2 is 1.63 bits per heavy atom. The maximum atomic E-state index is 13.1. The molecule has 1 aromatic rings. The molecule has 6 heteroatoms. The Morgan fingerprint density at radius 3 is 2.00 bits per heavy atom. The fourth-order valence-electron chi connectivity index (χ4n) is 1.78. The topological polar surface area (TPSA) is 31.4 Å². The third-order valence-electron chi connectivity index (χ3n) is 3.76. The molecule has 2 heterocycles. The lowest BCUT2D eigenvalue weighted by molar-refractivity contribution is 0.00578. The van der Waals surface area contributed by atoms with E-state index in [2.05, 4.69) is 4.98 Å². The van der Waals surface area contributed by atoms with Gasteiger partial charge >= 0.3 is 7.12 Å². The Labute approximate surface area is 112 Å². The summed E-state index contributed by atoms with van der Waals surface area (Å²) in [5.41, 5.74) is -0.518. The lowest BCUT2D eigenvalue weighted by atomic mass is 9.80. The van der Waals surface area contributed by atoms with Crippen molar-refractivity contribution >= 4 is 12.6 Å². The highest BCUT2D eigenvalue weighted by Gasteiger charge is 2.51. The van der Waals surface area contributed by atoms with Crippen molar-refractivity contribution in [3.8, 4) is 0 Å². The average molecular weight is 269 g/mol. The monoisotopic (exact) mass is 269 g/mol. The molecule has 104 valence electrons. The summed E-state index contributed by atoms with van der Waals surface area (Å²) in [6.07, 6.45) is 1.38. The zero-order valence-corrected chi connectivity index (χ0v) is 11.8. The van der Waals surface area contributed by atoms with E-state index in [9.17, 15) is 8.78 Å². The molecule has 0 N–H and O–H groups in total. The van der Waals surface area contributed by atoms with E-state index in [1.165, 1.54) is 12.3 Å².